The average Bonchev–Trinajstić information content (AvgIpc) is 3.19. The van der Waals surface area contributed by atoms with Gasteiger partial charge in [-0.15, -0.1) is 10.2 Å². The minimum Gasteiger partial charge on any atom is -0.340 e. The van der Waals surface area contributed by atoms with Crippen LogP contribution in [0.3, 0.4) is 0 Å². The number of amides is 1. The van der Waals surface area contributed by atoms with E-state index in [4.69, 9.17) is 0 Å². The molecular formula is C20H26N4O. The Bertz CT molecular complexity index is 707. The minimum absolute atomic E-state index is 0.301. The van der Waals surface area contributed by atoms with E-state index in [1.54, 1.807) is 0 Å². The summed E-state index contributed by atoms with van der Waals surface area (Å²) in [5.41, 5.74) is 1.24. The molecule has 25 heavy (non-hydrogen) atoms. The van der Waals surface area contributed by atoms with Gasteiger partial charge < -0.3 is 9.47 Å². The lowest BCUT2D eigenvalue weighted by molar-refractivity contribution is -0.132. The minimum atomic E-state index is 0.301. The topological polar surface area (TPSA) is 51.0 Å². The first-order valence-electron chi connectivity index (χ1n) is 9.53. The first kappa shape index (κ1) is 16.3. The van der Waals surface area contributed by atoms with Crippen molar-refractivity contribution in [3.8, 4) is 0 Å². The Morgan fingerprint density at radius 2 is 1.96 bits per heavy atom. The predicted octanol–water partition coefficient (Wildman–Crippen LogP) is 3.17. The fourth-order valence-corrected chi connectivity index (χ4v) is 3.90. The average molecular weight is 338 g/mol. The molecule has 1 amide bonds. The van der Waals surface area contributed by atoms with Crippen molar-refractivity contribution in [2.24, 2.45) is 0 Å². The first-order valence-corrected chi connectivity index (χ1v) is 9.53. The third-order valence-electron chi connectivity index (χ3n) is 5.46. The number of carbonyl (C=O) groups excluding carboxylic acids is 1. The van der Waals surface area contributed by atoms with E-state index in [1.165, 1.54) is 18.4 Å². The van der Waals surface area contributed by atoms with Crippen molar-refractivity contribution in [2.75, 3.05) is 6.54 Å². The smallest absolute Gasteiger partial charge is 0.223 e. The molecule has 1 unspecified atom stereocenters. The van der Waals surface area contributed by atoms with Gasteiger partial charge in [-0.2, -0.15) is 0 Å². The van der Waals surface area contributed by atoms with Crippen LogP contribution >= 0.6 is 0 Å². The van der Waals surface area contributed by atoms with E-state index in [1.807, 2.05) is 24.5 Å². The molecule has 1 aromatic heterocycles. The summed E-state index contributed by atoms with van der Waals surface area (Å²) in [5.74, 6) is 1.39. The highest BCUT2D eigenvalue weighted by Gasteiger charge is 2.30. The molecule has 2 aromatic rings. The summed E-state index contributed by atoms with van der Waals surface area (Å²) in [5, 5.41) is 8.37. The Balaban J connectivity index is 1.30. The highest BCUT2D eigenvalue weighted by Crippen LogP contribution is 2.35. The molecule has 1 saturated heterocycles. The van der Waals surface area contributed by atoms with Gasteiger partial charge in [-0.25, -0.2) is 0 Å². The fraction of sp³-hybridized carbons (Fsp3) is 0.550. The highest BCUT2D eigenvalue weighted by molar-refractivity contribution is 5.77. The molecule has 0 spiro atoms. The molecule has 2 aliphatic rings. The molecule has 4 rings (SSSR count). The third-order valence-corrected chi connectivity index (χ3v) is 5.46. The van der Waals surface area contributed by atoms with Gasteiger partial charge in [0.2, 0.25) is 5.91 Å². The van der Waals surface area contributed by atoms with Gasteiger partial charge in [0.1, 0.15) is 12.2 Å². The van der Waals surface area contributed by atoms with Gasteiger partial charge in [-0.1, -0.05) is 30.3 Å². The number of aromatic nitrogens is 3. The Morgan fingerprint density at radius 3 is 2.76 bits per heavy atom. The lowest BCUT2D eigenvalue weighted by Crippen LogP contribution is -2.36. The fourth-order valence-electron chi connectivity index (χ4n) is 3.90. The molecule has 2 heterocycles. The summed E-state index contributed by atoms with van der Waals surface area (Å²) < 4.78 is 2.23. The van der Waals surface area contributed by atoms with Crippen molar-refractivity contribution in [3.05, 3.63) is 48.0 Å². The van der Waals surface area contributed by atoms with Crippen LogP contribution in [0, 0.1) is 0 Å². The molecule has 2 fully saturated rings. The van der Waals surface area contributed by atoms with Crippen LogP contribution in [0.15, 0.2) is 36.7 Å². The van der Waals surface area contributed by atoms with Crippen molar-refractivity contribution in [1.29, 1.82) is 0 Å². The zero-order chi connectivity index (χ0) is 17.1. The molecular weight excluding hydrogens is 312 g/mol. The summed E-state index contributed by atoms with van der Waals surface area (Å²) in [4.78, 5) is 14.8. The number of hydrogen-bond donors (Lipinski definition) is 0. The molecule has 1 aliphatic carbocycles. The monoisotopic (exact) mass is 338 g/mol. The zero-order valence-corrected chi connectivity index (χ0v) is 14.7. The van der Waals surface area contributed by atoms with Crippen LogP contribution in [-0.4, -0.2) is 38.2 Å². The standard InChI is InChI=1S/C20H26N4O/c25-20(13-8-16-5-2-1-3-6-16)23-14-4-7-17(23)11-12-19-22-21-15-24(19)18-9-10-18/h1-3,5-6,15,17-18H,4,7-14H2. The van der Waals surface area contributed by atoms with Crippen molar-refractivity contribution in [3.63, 3.8) is 0 Å². The van der Waals surface area contributed by atoms with Gasteiger partial charge >= 0.3 is 0 Å². The molecule has 0 N–H and O–H groups in total. The molecule has 5 nitrogen and oxygen atoms in total. The van der Waals surface area contributed by atoms with Crippen LogP contribution in [-0.2, 0) is 17.6 Å². The Labute approximate surface area is 149 Å². The normalized spacial score (nSPS) is 20.2. The molecule has 1 atom stereocenters. The highest BCUT2D eigenvalue weighted by atomic mass is 16.2. The summed E-state index contributed by atoms with van der Waals surface area (Å²) in [6.45, 7) is 0.910. The van der Waals surface area contributed by atoms with Gasteiger partial charge in [0.25, 0.3) is 0 Å². The number of aryl methyl sites for hydroxylation is 2. The van der Waals surface area contributed by atoms with Crippen molar-refractivity contribution >= 4 is 5.91 Å². The van der Waals surface area contributed by atoms with Gasteiger partial charge in [-0.05, 0) is 44.1 Å². The summed E-state index contributed by atoms with van der Waals surface area (Å²) in [7, 11) is 0. The van der Waals surface area contributed by atoms with E-state index in [9.17, 15) is 4.79 Å². The van der Waals surface area contributed by atoms with E-state index >= 15 is 0 Å². The van der Waals surface area contributed by atoms with E-state index in [2.05, 4.69) is 31.8 Å². The molecule has 0 bridgehead atoms. The Hall–Kier alpha value is -2.17. The molecule has 132 valence electrons. The number of likely N-dealkylation sites (tertiary alicyclic amines) is 1. The molecule has 1 saturated carbocycles. The maximum absolute atomic E-state index is 12.7. The van der Waals surface area contributed by atoms with Gasteiger partial charge in [0.05, 0.1) is 0 Å². The second-order valence-corrected chi connectivity index (χ2v) is 7.29. The number of carbonyl (C=O) groups is 1. The Morgan fingerprint density at radius 1 is 1.12 bits per heavy atom. The number of benzene rings is 1. The zero-order valence-electron chi connectivity index (χ0n) is 14.7. The second kappa shape index (κ2) is 7.38. The second-order valence-electron chi connectivity index (χ2n) is 7.29. The third kappa shape index (κ3) is 3.91. The molecule has 0 radical (unpaired) electrons. The van der Waals surface area contributed by atoms with Crippen LogP contribution in [0.2, 0.25) is 0 Å². The predicted molar refractivity (Wildman–Crippen MR) is 96.1 cm³/mol. The maximum Gasteiger partial charge on any atom is 0.223 e. The molecule has 1 aromatic carbocycles. The van der Waals surface area contributed by atoms with E-state index in [-0.39, 0.29) is 0 Å². The van der Waals surface area contributed by atoms with E-state index in [0.29, 0.717) is 24.4 Å². The molecule has 1 aliphatic heterocycles. The summed E-state index contributed by atoms with van der Waals surface area (Å²) in [6.07, 6.45) is 9.97. The quantitative estimate of drug-likeness (QED) is 0.779. The van der Waals surface area contributed by atoms with Crippen LogP contribution < -0.4 is 0 Å². The first-order chi connectivity index (χ1) is 12.3. The van der Waals surface area contributed by atoms with Gasteiger partial charge in [0, 0.05) is 31.5 Å². The van der Waals surface area contributed by atoms with E-state index in [0.717, 1.165) is 44.5 Å². The van der Waals surface area contributed by atoms with Crippen LogP contribution in [0.25, 0.3) is 0 Å². The number of hydrogen-bond acceptors (Lipinski definition) is 3. The lowest BCUT2D eigenvalue weighted by atomic mass is 10.1. The SMILES string of the molecule is O=C(CCc1ccccc1)N1CCCC1CCc1nncn1C1CC1. The van der Waals surface area contributed by atoms with Crippen LogP contribution in [0.5, 0.6) is 0 Å². The summed E-state index contributed by atoms with van der Waals surface area (Å²) in [6, 6.07) is 11.3. The lowest BCUT2D eigenvalue weighted by Gasteiger charge is -2.25. The van der Waals surface area contributed by atoms with Crippen molar-refractivity contribution in [2.45, 2.75) is 63.5 Å². The van der Waals surface area contributed by atoms with E-state index < -0.39 is 0 Å². The Kier molecular flexibility index (Phi) is 4.81. The van der Waals surface area contributed by atoms with Crippen LogP contribution in [0.1, 0.15) is 56.0 Å². The maximum atomic E-state index is 12.7. The largest absolute Gasteiger partial charge is 0.340 e. The van der Waals surface area contributed by atoms with Gasteiger partial charge in [-0.3, -0.25) is 4.79 Å². The number of rotatable bonds is 7. The molecule has 5 heteroatoms. The van der Waals surface area contributed by atoms with Crippen molar-refractivity contribution in [1.82, 2.24) is 19.7 Å². The van der Waals surface area contributed by atoms with Crippen molar-refractivity contribution < 1.29 is 4.79 Å². The van der Waals surface area contributed by atoms with Crippen LogP contribution in [0.4, 0.5) is 0 Å². The summed E-state index contributed by atoms with van der Waals surface area (Å²) >= 11 is 0. The number of nitrogens with zero attached hydrogens (tertiary/aromatic N) is 4. The van der Waals surface area contributed by atoms with Gasteiger partial charge in [0.15, 0.2) is 0 Å².